The predicted molar refractivity (Wildman–Crippen MR) is 132 cm³/mol. The van der Waals surface area contributed by atoms with E-state index in [0.29, 0.717) is 42.2 Å². The van der Waals surface area contributed by atoms with Crippen LogP contribution >= 0.6 is 11.8 Å². The highest BCUT2D eigenvalue weighted by Gasteiger charge is 2.39. The molecule has 0 radical (unpaired) electrons. The van der Waals surface area contributed by atoms with Gasteiger partial charge in [-0.1, -0.05) is 12.1 Å². The Hall–Kier alpha value is -3.36. The average Bonchev–Trinajstić information content (AvgIpc) is 2.83. The van der Waals surface area contributed by atoms with Crippen LogP contribution in [0.4, 0.5) is 5.69 Å². The first-order valence-corrected chi connectivity index (χ1v) is 12.5. The Kier molecular flexibility index (Phi) is 11.3. The Morgan fingerprint density at radius 1 is 1.20 bits per heavy atom. The van der Waals surface area contributed by atoms with E-state index in [4.69, 9.17) is 14.7 Å². The monoisotopic (exact) mass is 502 g/mol. The number of carbonyl (C=O) groups excluding carboxylic acids is 2. The van der Waals surface area contributed by atoms with Crippen LogP contribution in [0, 0.1) is 21.4 Å². The van der Waals surface area contributed by atoms with Crippen LogP contribution in [-0.2, 0) is 19.1 Å². The van der Waals surface area contributed by atoms with Gasteiger partial charge in [-0.25, -0.2) is 9.59 Å². The lowest BCUT2D eigenvalue weighted by Gasteiger charge is -2.31. The third-order valence-corrected chi connectivity index (χ3v) is 6.12. The third-order valence-electron chi connectivity index (χ3n) is 5.13. The maximum Gasteiger partial charge on any atom is 0.336 e. The molecular formula is C24H30N4O6S. The summed E-state index contributed by atoms with van der Waals surface area (Å²) in [7, 11) is 0. The van der Waals surface area contributed by atoms with Crippen molar-refractivity contribution in [2.24, 2.45) is 0 Å². The largest absolute Gasteiger partial charge is 0.463 e. The number of nitriles is 1. The van der Waals surface area contributed by atoms with Gasteiger partial charge in [0.1, 0.15) is 0 Å². The van der Waals surface area contributed by atoms with Crippen molar-refractivity contribution in [3.63, 3.8) is 0 Å². The number of benzene rings is 1. The summed E-state index contributed by atoms with van der Waals surface area (Å²) >= 11 is 1.56. The number of hydrogen-bond donors (Lipinski definition) is 2. The molecule has 0 fully saturated rings. The van der Waals surface area contributed by atoms with E-state index < -0.39 is 22.8 Å². The van der Waals surface area contributed by atoms with Gasteiger partial charge in [0.25, 0.3) is 5.69 Å². The van der Waals surface area contributed by atoms with Crippen molar-refractivity contribution in [3.05, 3.63) is 62.5 Å². The molecule has 0 spiro atoms. The minimum absolute atomic E-state index is 0.130. The third kappa shape index (κ3) is 7.56. The van der Waals surface area contributed by atoms with Crippen molar-refractivity contribution in [2.75, 3.05) is 37.8 Å². The molecule has 10 nitrogen and oxygen atoms in total. The number of allylic oxidation sites excluding steroid dienone is 1. The molecule has 2 N–H and O–H groups in total. The van der Waals surface area contributed by atoms with Crippen LogP contribution in [0.3, 0.4) is 0 Å². The van der Waals surface area contributed by atoms with Gasteiger partial charge in [-0.2, -0.15) is 17.0 Å². The average molecular weight is 503 g/mol. The minimum atomic E-state index is -0.890. The topological polar surface area (TPSA) is 144 Å². The SMILES string of the molecule is CCOC(=O)C1=C(C)NC(CSCCNCCC#N)=C(C(=O)OCC)C1c1cccc([N+](=O)[O-])c1. The maximum absolute atomic E-state index is 13.2. The number of nitrogens with zero attached hydrogens (tertiary/aromatic N) is 2. The number of nitrogens with one attached hydrogen (secondary N) is 2. The van der Waals surface area contributed by atoms with Gasteiger partial charge in [-0.15, -0.1) is 0 Å². The molecule has 0 bridgehead atoms. The lowest BCUT2D eigenvalue weighted by atomic mass is 9.80. The number of ether oxygens (including phenoxy) is 2. The highest BCUT2D eigenvalue weighted by atomic mass is 32.2. The lowest BCUT2D eigenvalue weighted by molar-refractivity contribution is -0.384. The molecule has 1 unspecified atom stereocenters. The summed E-state index contributed by atoms with van der Waals surface area (Å²) in [6, 6.07) is 7.98. The minimum Gasteiger partial charge on any atom is -0.463 e. The second kappa shape index (κ2) is 14.1. The molecule has 1 aliphatic heterocycles. The predicted octanol–water partition coefficient (Wildman–Crippen LogP) is 3.17. The normalized spacial score (nSPS) is 15.3. The van der Waals surface area contributed by atoms with Crippen LogP contribution in [0.25, 0.3) is 0 Å². The quantitative estimate of drug-likeness (QED) is 0.179. The van der Waals surface area contributed by atoms with E-state index in [1.807, 2.05) is 0 Å². The smallest absolute Gasteiger partial charge is 0.336 e. The molecule has 35 heavy (non-hydrogen) atoms. The van der Waals surface area contributed by atoms with E-state index in [2.05, 4.69) is 16.7 Å². The van der Waals surface area contributed by atoms with E-state index in [1.165, 1.54) is 18.2 Å². The first kappa shape index (κ1) is 27.9. The fourth-order valence-corrected chi connectivity index (χ4v) is 4.54. The molecule has 1 aliphatic rings. The van der Waals surface area contributed by atoms with E-state index in [-0.39, 0.29) is 30.0 Å². The summed E-state index contributed by atoms with van der Waals surface area (Å²) in [6.07, 6.45) is 0.426. The zero-order valence-corrected chi connectivity index (χ0v) is 20.9. The number of nitro benzene ring substituents is 1. The van der Waals surface area contributed by atoms with Crippen LogP contribution in [0.15, 0.2) is 46.8 Å². The Bertz CT molecular complexity index is 1050. The molecule has 0 amide bonds. The molecule has 2 rings (SSSR count). The Morgan fingerprint density at radius 2 is 1.89 bits per heavy atom. The van der Waals surface area contributed by atoms with E-state index in [1.54, 1.807) is 38.6 Å². The second-order valence-corrected chi connectivity index (χ2v) is 8.60. The van der Waals surface area contributed by atoms with Gasteiger partial charge in [0, 0.05) is 54.5 Å². The van der Waals surface area contributed by atoms with Gasteiger partial charge < -0.3 is 20.1 Å². The van der Waals surface area contributed by atoms with Gasteiger partial charge in [0.05, 0.1) is 41.3 Å². The summed E-state index contributed by atoms with van der Waals surface area (Å²) in [5.41, 5.74) is 1.80. The van der Waals surface area contributed by atoms with Crippen molar-refractivity contribution < 1.29 is 24.0 Å². The number of rotatable bonds is 13. The summed E-state index contributed by atoms with van der Waals surface area (Å²) < 4.78 is 10.6. The molecule has 0 aliphatic carbocycles. The number of carbonyl (C=O) groups is 2. The molecular weight excluding hydrogens is 472 g/mol. The Labute approximate surface area is 208 Å². The first-order valence-electron chi connectivity index (χ1n) is 11.3. The van der Waals surface area contributed by atoms with Crippen molar-refractivity contribution in [1.82, 2.24) is 10.6 Å². The fraction of sp³-hybridized carbons (Fsp3) is 0.458. The summed E-state index contributed by atoms with van der Waals surface area (Å²) in [5, 5.41) is 26.4. The zero-order chi connectivity index (χ0) is 25.8. The number of thioether (sulfide) groups is 1. The molecule has 0 saturated heterocycles. The van der Waals surface area contributed by atoms with E-state index in [9.17, 15) is 19.7 Å². The Balaban J connectivity index is 2.50. The van der Waals surface area contributed by atoms with Gasteiger partial charge in [-0.3, -0.25) is 10.1 Å². The van der Waals surface area contributed by atoms with Crippen molar-refractivity contribution in [2.45, 2.75) is 33.1 Å². The standard InChI is InChI=1S/C24H30N4O6S/c1-4-33-23(29)20-16(3)27-19(15-35-13-12-26-11-7-10-25)22(24(30)34-5-2)21(20)17-8-6-9-18(14-17)28(31)32/h6,8-9,14,21,26-27H,4-5,7,11-13,15H2,1-3H3. The number of nitro groups is 1. The van der Waals surface area contributed by atoms with Gasteiger partial charge >= 0.3 is 11.9 Å². The van der Waals surface area contributed by atoms with Crippen molar-refractivity contribution in [1.29, 1.82) is 5.26 Å². The summed E-state index contributed by atoms with van der Waals surface area (Å²) in [4.78, 5) is 37.0. The fourth-order valence-electron chi connectivity index (χ4n) is 3.68. The molecule has 188 valence electrons. The Morgan fingerprint density at radius 3 is 2.51 bits per heavy atom. The van der Waals surface area contributed by atoms with Gasteiger partial charge in [0.2, 0.25) is 0 Å². The summed E-state index contributed by atoms with van der Waals surface area (Å²) in [6.45, 7) is 6.64. The highest BCUT2D eigenvalue weighted by molar-refractivity contribution is 7.99. The number of esters is 2. The van der Waals surface area contributed by atoms with Crippen molar-refractivity contribution in [3.8, 4) is 6.07 Å². The van der Waals surface area contributed by atoms with Crippen LogP contribution in [-0.4, -0.2) is 54.7 Å². The van der Waals surface area contributed by atoms with Crippen LogP contribution in [0.2, 0.25) is 0 Å². The van der Waals surface area contributed by atoms with Gasteiger partial charge in [0.15, 0.2) is 0 Å². The highest BCUT2D eigenvalue weighted by Crippen LogP contribution is 2.40. The van der Waals surface area contributed by atoms with Gasteiger partial charge in [-0.05, 0) is 26.3 Å². The van der Waals surface area contributed by atoms with Crippen LogP contribution in [0.5, 0.6) is 0 Å². The number of hydrogen-bond acceptors (Lipinski definition) is 10. The zero-order valence-electron chi connectivity index (χ0n) is 20.1. The maximum atomic E-state index is 13.2. The molecule has 11 heteroatoms. The molecule has 0 aromatic heterocycles. The van der Waals surface area contributed by atoms with Crippen molar-refractivity contribution >= 4 is 29.4 Å². The molecule has 0 saturated carbocycles. The summed E-state index contributed by atoms with van der Waals surface area (Å²) in [5.74, 6) is -0.953. The molecule has 1 aromatic carbocycles. The molecule has 1 heterocycles. The number of non-ortho nitro benzene ring substituents is 1. The lowest BCUT2D eigenvalue weighted by Crippen LogP contribution is -2.34. The van der Waals surface area contributed by atoms with E-state index >= 15 is 0 Å². The molecule has 1 aromatic rings. The second-order valence-electron chi connectivity index (χ2n) is 7.49. The van der Waals surface area contributed by atoms with Crippen LogP contribution < -0.4 is 10.6 Å². The first-order chi connectivity index (χ1) is 16.8. The van der Waals surface area contributed by atoms with Crippen LogP contribution in [0.1, 0.15) is 38.7 Å². The molecule has 1 atom stereocenters. The number of dihydropyridines is 1. The van der Waals surface area contributed by atoms with E-state index in [0.717, 1.165) is 5.75 Å².